The van der Waals surface area contributed by atoms with Gasteiger partial charge in [-0.05, 0) is 79.0 Å². The highest BCUT2D eigenvalue weighted by atomic mass is 19.1. The topological polar surface area (TPSA) is 152 Å². The Morgan fingerprint density at radius 2 is 1.67 bits per heavy atom. The third kappa shape index (κ3) is 7.16. The third-order valence-electron chi connectivity index (χ3n) is 8.24. The van der Waals surface area contributed by atoms with Crippen LogP contribution in [-0.2, 0) is 10.2 Å². The molecule has 1 unspecified atom stereocenters. The van der Waals surface area contributed by atoms with Crippen LogP contribution in [0.1, 0.15) is 53.3 Å². The number of carboxylic acid groups (broad SMARTS) is 1. The van der Waals surface area contributed by atoms with E-state index < -0.39 is 23.3 Å². The van der Waals surface area contributed by atoms with Gasteiger partial charge in [-0.2, -0.15) is 0 Å². The van der Waals surface area contributed by atoms with Gasteiger partial charge in [0, 0.05) is 36.7 Å². The SMILES string of the molecule is O=C(c1ccc(OCCCCCCNCC(O)c2ccc(O)c3[nH]c(=O)ccc23)cc1)N1CC(C(=O)O)(c2ccc(F)cc2)C1. The lowest BCUT2D eigenvalue weighted by atomic mass is 9.73. The van der Waals surface area contributed by atoms with Gasteiger partial charge in [0.05, 0.1) is 18.2 Å². The fourth-order valence-electron chi connectivity index (χ4n) is 5.63. The van der Waals surface area contributed by atoms with Crippen LogP contribution in [0.25, 0.3) is 10.9 Å². The van der Waals surface area contributed by atoms with Crippen molar-refractivity contribution in [1.29, 1.82) is 0 Å². The van der Waals surface area contributed by atoms with Gasteiger partial charge in [-0.15, -0.1) is 0 Å². The molecule has 0 radical (unpaired) electrons. The second-order valence-electron chi connectivity index (χ2n) is 11.3. The van der Waals surface area contributed by atoms with Crippen molar-refractivity contribution in [3.05, 3.63) is 106 Å². The predicted molar refractivity (Wildman–Crippen MR) is 166 cm³/mol. The smallest absolute Gasteiger partial charge is 0.317 e. The van der Waals surface area contributed by atoms with Crippen molar-refractivity contribution in [3.8, 4) is 11.5 Å². The number of ether oxygens (including phenoxy) is 1. The van der Waals surface area contributed by atoms with Crippen LogP contribution in [0.5, 0.6) is 11.5 Å². The molecule has 1 aromatic heterocycles. The zero-order valence-corrected chi connectivity index (χ0v) is 24.7. The van der Waals surface area contributed by atoms with Crippen molar-refractivity contribution in [3.63, 3.8) is 0 Å². The van der Waals surface area contributed by atoms with Crippen LogP contribution in [0.4, 0.5) is 4.39 Å². The van der Waals surface area contributed by atoms with Gasteiger partial charge in [-0.3, -0.25) is 14.4 Å². The van der Waals surface area contributed by atoms with E-state index >= 15 is 0 Å². The number of hydrogen-bond acceptors (Lipinski definition) is 7. The number of pyridine rings is 1. The maximum atomic E-state index is 13.3. The molecule has 10 nitrogen and oxygen atoms in total. The number of aliphatic hydroxyl groups excluding tert-OH is 1. The van der Waals surface area contributed by atoms with E-state index in [-0.39, 0.29) is 30.3 Å². The lowest BCUT2D eigenvalue weighted by Gasteiger charge is -2.47. The fraction of sp³-hybridized carbons (Fsp3) is 0.324. The minimum Gasteiger partial charge on any atom is -0.506 e. The van der Waals surface area contributed by atoms with Crippen LogP contribution in [0.15, 0.2) is 77.6 Å². The standard InChI is InChI=1S/C34H36FN3O7/c35-24-9-7-23(8-10-24)34(33(43)44)20-38(21-34)32(42)22-5-11-25(12-6-22)45-18-4-2-1-3-17-36-19-29(40)26-13-15-28(39)31-27(26)14-16-30(41)37-31/h5-16,29,36,39-40H,1-4,17-21H2,(H,37,41)(H,43,44). The molecule has 45 heavy (non-hydrogen) atoms. The molecule has 1 aliphatic heterocycles. The number of phenols is 1. The number of carbonyl (C=O) groups is 2. The number of H-pyrrole nitrogens is 1. The number of benzene rings is 3. The zero-order valence-electron chi connectivity index (χ0n) is 24.7. The highest BCUT2D eigenvalue weighted by Crippen LogP contribution is 2.36. The number of amides is 1. The quantitative estimate of drug-likeness (QED) is 0.133. The van der Waals surface area contributed by atoms with Gasteiger partial charge < -0.3 is 35.3 Å². The molecule has 1 aliphatic rings. The van der Waals surface area contributed by atoms with E-state index in [4.69, 9.17) is 4.74 Å². The number of aromatic hydroxyl groups is 1. The number of aromatic amines is 1. The summed E-state index contributed by atoms with van der Waals surface area (Å²) in [7, 11) is 0. The molecule has 11 heteroatoms. The van der Waals surface area contributed by atoms with E-state index in [9.17, 15) is 34.1 Å². The molecular weight excluding hydrogens is 581 g/mol. The first-order valence-electron chi connectivity index (χ1n) is 14.9. The molecule has 1 saturated heterocycles. The Kier molecular flexibility index (Phi) is 9.80. The number of carbonyl (C=O) groups excluding carboxylic acids is 1. The molecule has 0 aliphatic carbocycles. The zero-order chi connectivity index (χ0) is 32.0. The fourth-order valence-corrected chi connectivity index (χ4v) is 5.63. The molecule has 3 aromatic carbocycles. The summed E-state index contributed by atoms with van der Waals surface area (Å²) in [5.74, 6) is -1.16. The summed E-state index contributed by atoms with van der Waals surface area (Å²) in [5, 5.41) is 34.3. The van der Waals surface area contributed by atoms with E-state index in [0.29, 0.717) is 46.5 Å². The number of rotatable bonds is 14. The average Bonchev–Trinajstić information content (AvgIpc) is 3.01. The number of nitrogens with one attached hydrogen (secondary N) is 2. The Labute approximate surface area is 259 Å². The Balaban J connectivity index is 0.974. The molecule has 1 fully saturated rings. The first kappa shape index (κ1) is 31.7. The van der Waals surface area contributed by atoms with Gasteiger partial charge in [0.1, 0.15) is 22.7 Å². The van der Waals surface area contributed by atoms with Gasteiger partial charge >= 0.3 is 5.97 Å². The van der Waals surface area contributed by atoms with Crippen LogP contribution < -0.4 is 15.6 Å². The first-order valence-corrected chi connectivity index (χ1v) is 14.9. The van der Waals surface area contributed by atoms with Gasteiger partial charge in [-0.1, -0.05) is 31.0 Å². The maximum Gasteiger partial charge on any atom is 0.317 e. The Bertz CT molecular complexity index is 1700. The second kappa shape index (κ2) is 13.9. The first-order chi connectivity index (χ1) is 21.7. The number of aliphatic hydroxyl groups is 1. The van der Waals surface area contributed by atoms with Crippen LogP contribution in [-0.4, -0.2) is 69.9 Å². The third-order valence-corrected chi connectivity index (χ3v) is 8.24. The molecule has 0 saturated carbocycles. The van der Waals surface area contributed by atoms with Crippen molar-refractivity contribution < 1.29 is 34.0 Å². The number of aromatic nitrogens is 1. The average molecular weight is 618 g/mol. The molecule has 236 valence electrons. The van der Waals surface area contributed by atoms with E-state index in [1.807, 2.05) is 0 Å². The van der Waals surface area contributed by atoms with Crippen LogP contribution in [0, 0.1) is 5.82 Å². The number of fused-ring (bicyclic) bond motifs is 1. The van der Waals surface area contributed by atoms with Crippen LogP contribution in [0.2, 0.25) is 0 Å². The number of phenolic OH excluding ortho intramolecular Hbond substituents is 1. The molecule has 1 atom stereocenters. The Morgan fingerprint density at radius 3 is 2.38 bits per heavy atom. The summed E-state index contributed by atoms with van der Waals surface area (Å²) in [6, 6.07) is 18.2. The second-order valence-corrected chi connectivity index (χ2v) is 11.3. The van der Waals surface area contributed by atoms with Gasteiger partial charge in [0.15, 0.2) is 0 Å². The molecular formula is C34H36FN3O7. The highest BCUT2D eigenvalue weighted by Gasteiger charge is 2.52. The highest BCUT2D eigenvalue weighted by molar-refractivity contribution is 5.97. The van der Waals surface area contributed by atoms with E-state index in [1.165, 1.54) is 41.3 Å². The number of aliphatic carboxylic acids is 1. The van der Waals surface area contributed by atoms with Gasteiger partial charge in [0.2, 0.25) is 5.56 Å². The summed E-state index contributed by atoms with van der Waals surface area (Å²) >= 11 is 0. The summed E-state index contributed by atoms with van der Waals surface area (Å²) < 4.78 is 19.1. The van der Waals surface area contributed by atoms with Gasteiger partial charge in [-0.25, -0.2) is 4.39 Å². The van der Waals surface area contributed by atoms with Crippen molar-refractivity contribution in [1.82, 2.24) is 15.2 Å². The summed E-state index contributed by atoms with van der Waals surface area (Å²) in [6.45, 7) is 1.63. The molecule has 5 rings (SSSR count). The summed E-state index contributed by atoms with van der Waals surface area (Å²) in [6.07, 6.45) is 2.93. The van der Waals surface area contributed by atoms with Crippen molar-refractivity contribution in [2.75, 3.05) is 32.8 Å². The Morgan fingerprint density at radius 1 is 0.956 bits per heavy atom. The predicted octanol–water partition coefficient (Wildman–Crippen LogP) is 4.11. The Hall–Kier alpha value is -4.74. The molecule has 0 bridgehead atoms. The lowest BCUT2D eigenvalue weighted by Crippen LogP contribution is -2.65. The molecule has 2 heterocycles. The maximum absolute atomic E-state index is 13.3. The summed E-state index contributed by atoms with van der Waals surface area (Å²) in [4.78, 5) is 40.6. The molecule has 0 spiro atoms. The normalized spacial score (nSPS) is 14.6. The van der Waals surface area contributed by atoms with Crippen molar-refractivity contribution in [2.24, 2.45) is 0 Å². The number of halogens is 1. The van der Waals surface area contributed by atoms with Crippen LogP contribution in [0.3, 0.4) is 0 Å². The minimum atomic E-state index is -1.24. The monoisotopic (exact) mass is 617 g/mol. The minimum absolute atomic E-state index is 0.0137. The van der Waals surface area contributed by atoms with Crippen LogP contribution >= 0.6 is 0 Å². The molecule has 4 aromatic rings. The van der Waals surface area contributed by atoms with E-state index in [2.05, 4.69) is 10.3 Å². The molecule has 1 amide bonds. The molecule has 5 N–H and O–H groups in total. The number of nitrogens with zero attached hydrogens (tertiary/aromatic N) is 1. The number of likely N-dealkylation sites (tertiary alicyclic amines) is 1. The largest absolute Gasteiger partial charge is 0.506 e. The van der Waals surface area contributed by atoms with Crippen molar-refractivity contribution >= 4 is 22.8 Å². The van der Waals surface area contributed by atoms with E-state index in [0.717, 1.165) is 32.2 Å². The number of unbranched alkanes of at least 4 members (excludes halogenated alkanes) is 3. The van der Waals surface area contributed by atoms with E-state index in [1.54, 1.807) is 36.4 Å². The van der Waals surface area contributed by atoms with Crippen molar-refractivity contribution in [2.45, 2.75) is 37.2 Å². The number of hydrogen-bond donors (Lipinski definition) is 5. The number of carboxylic acids is 1. The lowest BCUT2D eigenvalue weighted by molar-refractivity contribution is -0.149. The van der Waals surface area contributed by atoms with Gasteiger partial charge in [0.25, 0.3) is 5.91 Å². The summed E-state index contributed by atoms with van der Waals surface area (Å²) in [5.41, 5.74) is 0.286.